The average molecular weight is 400 g/mol. The van der Waals surface area contributed by atoms with Gasteiger partial charge in [-0.2, -0.15) is 0 Å². The molecule has 0 aliphatic heterocycles. The summed E-state index contributed by atoms with van der Waals surface area (Å²) in [4.78, 5) is 16.6. The van der Waals surface area contributed by atoms with Gasteiger partial charge in [0.2, 0.25) is 5.91 Å². The van der Waals surface area contributed by atoms with Crippen molar-refractivity contribution >= 4 is 50.5 Å². The standard InChI is InChI=1S/C20H21N3O2S2/c1-12(2)10-18(24)23-20(26)22-15-11-13(8-9-16(15)25-3)19-21-14-6-4-5-7-17(14)27-19/h4-9,11-12H,10H2,1-3H3,(H2,22,23,24,26). The number of carbonyl (C=O) groups is 1. The third-order valence-corrected chi connectivity index (χ3v) is 5.12. The molecule has 0 bridgehead atoms. The fourth-order valence-electron chi connectivity index (χ4n) is 2.64. The molecule has 0 fully saturated rings. The van der Waals surface area contributed by atoms with E-state index in [9.17, 15) is 4.79 Å². The number of thiazole rings is 1. The van der Waals surface area contributed by atoms with E-state index in [-0.39, 0.29) is 16.9 Å². The molecule has 5 nitrogen and oxygen atoms in total. The first-order chi connectivity index (χ1) is 13.0. The van der Waals surface area contributed by atoms with Gasteiger partial charge >= 0.3 is 0 Å². The summed E-state index contributed by atoms with van der Waals surface area (Å²) in [5, 5.41) is 6.93. The predicted molar refractivity (Wildman–Crippen MR) is 115 cm³/mol. The highest BCUT2D eigenvalue weighted by Crippen LogP contribution is 2.34. The fraction of sp³-hybridized carbons (Fsp3) is 0.250. The Hall–Kier alpha value is -2.51. The lowest BCUT2D eigenvalue weighted by Gasteiger charge is -2.14. The van der Waals surface area contributed by atoms with Crippen LogP contribution in [0, 0.1) is 5.92 Å². The number of benzene rings is 2. The van der Waals surface area contributed by atoms with E-state index in [1.54, 1.807) is 18.4 Å². The first-order valence-corrected chi connectivity index (χ1v) is 9.83. The van der Waals surface area contributed by atoms with E-state index in [2.05, 4.69) is 21.7 Å². The van der Waals surface area contributed by atoms with Gasteiger partial charge in [0.05, 0.1) is 23.0 Å². The van der Waals surface area contributed by atoms with Crippen molar-refractivity contribution in [1.29, 1.82) is 0 Å². The molecule has 140 valence electrons. The zero-order valence-electron chi connectivity index (χ0n) is 15.4. The second-order valence-corrected chi connectivity index (χ2v) is 7.94. The molecule has 2 N–H and O–H groups in total. The third kappa shape index (κ3) is 4.81. The molecular weight excluding hydrogens is 378 g/mol. The number of nitrogens with one attached hydrogen (secondary N) is 2. The van der Waals surface area contributed by atoms with Gasteiger partial charge in [0.15, 0.2) is 5.11 Å². The number of hydrogen-bond donors (Lipinski definition) is 2. The van der Waals surface area contributed by atoms with Gasteiger partial charge in [-0.25, -0.2) is 4.98 Å². The number of methoxy groups -OCH3 is 1. The summed E-state index contributed by atoms with van der Waals surface area (Å²) in [6.45, 7) is 3.97. The topological polar surface area (TPSA) is 63.2 Å². The lowest BCUT2D eigenvalue weighted by Crippen LogP contribution is -2.34. The van der Waals surface area contributed by atoms with E-state index in [1.807, 2.05) is 50.2 Å². The van der Waals surface area contributed by atoms with Gasteiger partial charge in [-0.05, 0) is 48.5 Å². The first-order valence-electron chi connectivity index (χ1n) is 8.61. The van der Waals surface area contributed by atoms with Crippen molar-refractivity contribution < 1.29 is 9.53 Å². The minimum Gasteiger partial charge on any atom is -0.495 e. The second-order valence-electron chi connectivity index (χ2n) is 6.50. The molecule has 3 rings (SSSR count). The van der Waals surface area contributed by atoms with Crippen LogP contribution in [0.15, 0.2) is 42.5 Å². The summed E-state index contributed by atoms with van der Waals surface area (Å²) in [6.07, 6.45) is 0.421. The molecule has 0 aliphatic carbocycles. The minimum absolute atomic E-state index is 0.108. The summed E-state index contributed by atoms with van der Waals surface area (Å²) in [5.74, 6) is 0.800. The maximum atomic E-state index is 11.9. The lowest BCUT2D eigenvalue weighted by molar-refractivity contribution is -0.120. The number of rotatable bonds is 5. The summed E-state index contributed by atoms with van der Waals surface area (Å²) in [7, 11) is 1.60. The van der Waals surface area contributed by atoms with Crippen molar-refractivity contribution in [3.8, 4) is 16.3 Å². The lowest BCUT2D eigenvalue weighted by atomic mass is 10.1. The number of anilines is 1. The van der Waals surface area contributed by atoms with Crippen LogP contribution in [0.3, 0.4) is 0 Å². The molecule has 0 saturated carbocycles. The van der Waals surface area contributed by atoms with Crippen molar-refractivity contribution in [1.82, 2.24) is 10.3 Å². The monoisotopic (exact) mass is 399 g/mol. The Morgan fingerprint density at radius 3 is 2.74 bits per heavy atom. The average Bonchev–Trinajstić information content (AvgIpc) is 3.04. The minimum atomic E-state index is -0.108. The highest BCUT2D eigenvalue weighted by molar-refractivity contribution is 7.80. The van der Waals surface area contributed by atoms with Crippen molar-refractivity contribution in [2.24, 2.45) is 5.92 Å². The Morgan fingerprint density at radius 1 is 1.26 bits per heavy atom. The van der Waals surface area contributed by atoms with E-state index in [1.165, 1.54) is 0 Å². The summed E-state index contributed by atoms with van der Waals surface area (Å²) in [5.41, 5.74) is 2.61. The van der Waals surface area contributed by atoms with Gasteiger partial charge in [-0.1, -0.05) is 26.0 Å². The van der Waals surface area contributed by atoms with Gasteiger partial charge in [-0.3, -0.25) is 4.79 Å². The summed E-state index contributed by atoms with van der Waals surface area (Å²) >= 11 is 6.90. The van der Waals surface area contributed by atoms with Gasteiger partial charge in [-0.15, -0.1) is 11.3 Å². The third-order valence-electron chi connectivity index (χ3n) is 3.84. The van der Waals surface area contributed by atoms with Gasteiger partial charge in [0.1, 0.15) is 10.8 Å². The Bertz CT molecular complexity index is 949. The van der Waals surface area contributed by atoms with Crippen LogP contribution in [0.1, 0.15) is 20.3 Å². The zero-order chi connectivity index (χ0) is 19.4. The molecule has 0 radical (unpaired) electrons. The van der Waals surface area contributed by atoms with Crippen LogP contribution in [-0.2, 0) is 4.79 Å². The highest BCUT2D eigenvalue weighted by atomic mass is 32.1. The Kier molecular flexibility index (Phi) is 6.03. The zero-order valence-corrected chi connectivity index (χ0v) is 17.0. The molecule has 0 spiro atoms. The van der Waals surface area contributed by atoms with E-state index >= 15 is 0 Å². The summed E-state index contributed by atoms with van der Waals surface area (Å²) < 4.78 is 6.55. The molecule has 0 atom stereocenters. The number of amides is 1. The maximum absolute atomic E-state index is 11.9. The van der Waals surface area contributed by atoms with Gasteiger partial charge in [0, 0.05) is 12.0 Å². The number of fused-ring (bicyclic) bond motifs is 1. The molecule has 3 aromatic rings. The summed E-state index contributed by atoms with van der Waals surface area (Å²) in [6, 6.07) is 13.8. The number of thiocarbonyl (C=S) groups is 1. The maximum Gasteiger partial charge on any atom is 0.226 e. The van der Waals surface area contributed by atoms with E-state index in [0.29, 0.717) is 17.9 Å². The van der Waals surface area contributed by atoms with Crippen molar-refractivity contribution in [3.63, 3.8) is 0 Å². The molecule has 2 aromatic carbocycles. The molecule has 0 saturated heterocycles. The van der Waals surface area contributed by atoms with E-state index in [4.69, 9.17) is 17.0 Å². The first kappa shape index (κ1) is 19.3. The number of hydrogen-bond acceptors (Lipinski definition) is 5. The molecule has 27 heavy (non-hydrogen) atoms. The Labute approximate surface area is 167 Å². The fourth-order valence-corrected chi connectivity index (χ4v) is 3.82. The van der Waals surface area contributed by atoms with Crippen molar-refractivity contribution in [3.05, 3.63) is 42.5 Å². The molecular formula is C20H21N3O2S2. The molecule has 1 aromatic heterocycles. The van der Waals surface area contributed by atoms with Crippen LogP contribution >= 0.6 is 23.6 Å². The largest absolute Gasteiger partial charge is 0.495 e. The van der Waals surface area contributed by atoms with Crippen LogP contribution in [0.25, 0.3) is 20.8 Å². The second kappa shape index (κ2) is 8.45. The quantitative estimate of drug-likeness (QED) is 0.602. The highest BCUT2D eigenvalue weighted by Gasteiger charge is 2.12. The molecule has 7 heteroatoms. The predicted octanol–water partition coefficient (Wildman–Crippen LogP) is 4.83. The smallest absolute Gasteiger partial charge is 0.226 e. The Balaban J connectivity index is 1.83. The van der Waals surface area contributed by atoms with Gasteiger partial charge in [0.25, 0.3) is 0 Å². The van der Waals surface area contributed by atoms with Crippen LogP contribution in [0.5, 0.6) is 5.75 Å². The van der Waals surface area contributed by atoms with E-state index < -0.39 is 0 Å². The molecule has 1 heterocycles. The molecule has 0 unspecified atom stereocenters. The van der Waals surface area contributed by atoms with Crippen LogP contribution < -0.4 is 15.4 Å². The van der Waals surface area contributed by atoms with Gasteiger partial charge < -0.3 is 15.4 Å². The van der Waals surface area contributed by atoms with Crippen LogP contribution in [0.2, 0.25) is 0 Å². The number of nitrogens with zero attached hydrogens (tertiary/aromatic N) is 1. The number of para-hydroxylation sites is 1. The number of ether oxygens (including phenoxy) is 1. The van der Waals surface area contributed by atoms with E-state index in [0.717, 1.165) is 20.8 Å². The van der Waals surface area contributed by atoms with Crippen LogP contribution in [0.4, 0.5) is 5.69 Å². The Morgan fingerprint density at radius 2 is 2.04 bits per heavy atom. The SMILES string of the molecule is COc1ccc(-c2nc3ccccc3s2)cc1NC(=S)NC(=O)CC(C)C. The molecule has 0 aliphatic rings. The number of carbonyl (C=O) groups excluding carboxylic acids is 1. The van der Waals surface area contributed by atoms with Crippen molar-refractivity contribution in [2.45, 2.75) is 20.3 Å². The van der Waals surface area contributed by atoms with Crippen molar-refractivity contribution in [2.75, 3.05) is 12.4 Å². The molecule has 1 amide bonds. The normalized spacial score (nSPS) is 10.8. The van der Waals surface area contributed by atoms with Crippen LogP contribution in [-0.4, -0.2) is 23.1 Å². The number of aromatic nitrogens is 1.